The van der Waals surface area contributed by atoms with E-state index in [1.807, 2.05) is 26.1 Å². The van der Waals surface area contributed by atoms with E-state index < -0.39 is 0 Å². The van der Waals surface area contributed by atoms with Crippen LogP contribution in [0.5, 0.6) is 11.5 Å². The minimum absolute atomic E-state index is 0.0353. The van der Waals surface area contributed by atoms with Crippen LogP contribution < -0.4 is 20.1 Å². The zero-order chi connectivity index (χ0) is 13.9. The number of hydrogen-bond acceptors (Lipinski definition) is 4. The topological polar surface area (TPSA) is 59.6 Å². The lowest BCUT2D eigenvalue weighted by Crippen LogP contribution is -2.30. The third kappa shape index (κ3) is 6.67. The van der Waals surface area contributed by atoms with E-state index in [-0.39, 0.29) is 12.5 Å². The number of carbonyl (C=O) groups is 1. The molecule has 0 saturated carbocycles. The monoisotopic (exact) mass is 266 g/mol. The average Bonchev–Trinajstić information content (AvgIpc) is 2.43. The van der Waals surface area contributed by atoms with Gasteiger partial charge in [-0.15, -0.1) is 0 Å². The van der Waals surface area contributed by atoms with E-state index in [9.17, 15) is 4.79 Å². The summed E-state index contributed by atoms with van der Waals surface area (Å²) >= 11 is 0. The van der Waals surface area contributed by atoms with Crippen molar-refractivity contribution in [3.05, 3.63) is 24.3 Å². The van der Waals surface area contributed by atoms with Gasteiger partial charge in [0.2, 0.25) is 0 Å². The summed E-state index contributed by atoms with van der Waals surface area (Å²) in [5.74, 6) is 1.35. The van der Waals surface area contributed by atoms with Crippen LogP contribution in [0.25, 0.3) is 0 Å². The Morgan fingerprint density at radius 2 is 1.74 bits per heavy atom. The van der Waals surface area contributed by atoms with Gasteiger partial charge in [-0.05, 0) is 51.2 Å². The summed E-state index contributed by atoms with van der Waals surface area (Å²) in [4.78, 5) is 11.5. The van der Waals surface area contributed by atoms with E-state index in [1.165, 1.54) is 0 Å². The molecule has 0 spiro atoms. The first-order valence-corrected chi connectivity index (χ1v) is 6.53. The highest BCUT2D eigenvalue weighted by Crippen LogP contribution is 2.17. The SMILES string of the molecule is CCOc1ccc(OCC(=O)NCCCNC)cc1. The highest BCUT2D eigenvalue weighted by atomic mass is 16.5. The predicted octanol–water partition coefficient (Wildman–Crippen LogP) is 1.19. The molecule has 0 saturated heterocycles. The molecule has 0 radical (unpaired) electrons. The molecule has 0 aliphatic rings. The van der Waals surface area contributed by atoms with Crippen molar-refractivity contribution in [3.63, 3.8) is 0 Å². The summed E-state index contributed by atoms with van der Waals surface area (Å²) < 4.78 is 10.7. The summed E-state index contributed by atoms with van der Waals surface area (Å²) in [5.41, 5.74) is 0. The molecular formula is C14H22N2O3. The van der Waals surface area contributed by atoms with Crippen molar-refractivity contribution in [1.82, 2.24) is 10.6 Å². The summed E-state index contributed by atoms with van der Waals surface area (Å²) in [6.45, 7) is 4.15. The van der Waals surface area contributed by atoms with Gasteiger partial charge in [-0.25, -0.2) is 0 Å². The zero-order valence-corrected chi connectivity index (χ0v) is 11.6. The van der Waals surface area contributed by atoms with Crippen LogP contribution in [0.1, 0.15) is 13.3 Å². The van der Waals surface area contributed by atoms with Gasteiger partial charge in [0.05, 0.1) is 6.61 Å². The van der Waals surface area contributed by atoms with Gasteiger partial charge in [0.15, 0.2) is 6.61 Å². The summed E-state index contributed by atoms with van der Waals surface area (Å²) in [7, 11) is 1.89. The van der Waals surface area contributed by atoms with Crippen molar-refractivity contribution < 1.29 is 14.3 Å². The second-order valence-electron chi connectivity index (χ2n) is 4.00. The van der Waals surface area contributed by atoms with Crippen molar-refractivity contribution in [2.75, 3.05) is 33.4 Å². The normalized spacial score (nSPS) is 10.0. The first-order chi connectivity index (χ1) is 9.26. The third-order valence-electron chi connectivity index (χ3n) is 2.43. The Labute approximate surface area is 114 Å². The molecule has 19 heavy (non-hydrogen) atoms. The number of hydrogen-bond donors (Lipinski definition) is 2. The van der Waals surface area contributed by atoms with Crippen molar-refractivity contribution in [1.29, 1.82) is 0 Å². The highest BCUT2D eigenvalue weighted by molar-refractivity contribution is 5.77. The van der Waals surface area contributed by atoms with E-state index in [0.29, 0.717) is 18.9 Å². The van der Waals surface area contributed by atoms with Crippen LogP contribution in [0, 0.1) is 0 Å². The van der Waals surface area contributed by atoms with Gasteiger partial charge in [0.1, 0.15) is 11.5 Å². The molecule has 1 aromatic rings. The zero-order valence-electron chi connectivity index (χ0n) is 11.6. The molecule has 5 heteroatoms. The number of amides is 1. The van der Waals surface area contributed by atoms with Crippen LogP contribution in [0.2, 0.25) is 0 Å². The Morgan fingerprint density at radius 1 is 1.11 bits per heavy atom. The van der Waals surface area contributed by atoms with Crippen LogP contribution >= 0.6 is 0 Å². The van der Waals surface area contributed by atoms with Gasteiger partial charge in [-0.1, -0.05) is 0 Å². The lowest BCUT2D eigenvalue weighted by Gasteiger charge is -2.08. The number of rotatable bonds is 9. The Hall–Kier alpha value is -1.75. The van der Waals surface area contributed by atoms with Crippen molar-refractivity contribution in [2.24, 2.45) is 0 Å². The maximum Gasteiger partial charge on any atom is 0.257 e. The number of benzene rings is 1. The van der Waals surface area contributed by atoms with Gasteiger partial charge in [0.25, 0.3) is 5.91 Å². The molecule has 1 amide bonds. The maximum atomic E-state index is 11.5. The fourth-order valence-corrected chi connectivity index (χ4v) is 1.49. The molecule has 0 fully saturated rings. The first kappa shape index (κ1) is 15.3. The van der Waals surface area contributed by atoms with Gasteiger partial charge >= 0.3 is 0 Å². The van der Waals surface area contributed by atoms with Crippen LogP contribution in [0.4, 0.5) is 0 Å². The fourth-order valence-electron chi connectivity index (χ4n) is 1.49. The fraction of sp³-hybridized carbons (Fsp3) is 0.500. The van der Waals surface area contributed by atoms with Gasteiger partial charge < -0.3 is 20.1 Å². The molecule has 5 nitrogen and oxygen atoms in total. The van der Waals surface area contributed by atoms with E-state index >= 15 is 0 Å². The largest absolute Gasteiger partial charge is 0.494 e. The molecule has 0 atom stereocenters. The van der Waals surface area contributed by atoms with Crippen LogP contribution in [-0.4, -0.2) is 39.3 Å². The maximum absolute atomic E-state index is 11.5. The minimum Gasteiger partial charge on any atom is -0.494 e. The Kier molecular flexibility index (Phi) is 7.43. The van der Waals surface area contributed by atoms with Crippen LogP contribution in [-0.2, 0) is 4.79 Å². The number of carbonyl (C=O) groups excluding carboxylic acids is 1. The molecule has 0 aliphatic carbocycles. The average molecular weight is 266 g/mol. The quantitative estimate of drug-likeness (QED) is 0.659. The molecule has 0 unspecified atom stereocenters. The van der Waals surface area contributed by atoms with Crippen LogP contribution in [0.3, 0.4) is 0 Å². The second kappa shape index (κ2) is 9.22. The highest BCUT2D eigenvalue weighted by Gasteiger charge is 2.02. The first-order valence-electron chi connectivity index (χ1n) is 6.53. The van der Waals surface area contributed by atoms with Crippen molar-refractivity contribution >= 4 is 5.91 Å². The van der Waals surface area contributed by atoms with E-state index in [4.69, 9.17) is 9.47 Å². The third-order valence-corrected chi connectivity index (χ3v) is 2.43. The smallest absolute Gasteiger partial charge is 0.257 e. The Bertz CT molecular complexity index is 365. The molecule has 0 aliphatic heterocycles. The molecule has 0 bridgehead atoms. The predicted molar refractivity (Wildman–Crippen MR) is 74.7 cm³/mol. The summed E-state index contributed by atoms with van der Waals surface area (Å²) in [6.07, 6.45) is 0.908. The van der Waals surface area contributed by atoms with Gasteiger partial charge in [-0.3, -0.25) is 4.79 Å². The molecular weight excluding hydrogens is 244 g/mol. The molecule has 2 N–H and O–H groups in total. The van der Waals surface area contributed by atoms with Crippen LogP contribution in [0.15, 0.2) is 24.3 Å². The molecule has 0 heterocycles. The Morgan fingerprint density at radius 3 is 2.32 bits per heavy atom. The molecule has 0 aromatic heterocycles. The summed E-state index contributed by atoms with van der Waals surface area (Å²) in [6, 6.07) is 7.23. The minimum atomic E-state index is -0.106. The molecule has 106 valence electrons. The van der Waals surface area contributed by atoms with E-state index in [1.54, 1.807) is 12.1 Å². The van der Waals surface area contributed by atoms with Gasteiger partial charge in [-0.2, -0.15) is 0 Å². The molecule has 1 rings (SSSR count). The lowest BCUT2D eigenvalue weighted by molar-refractivity contribution is -0.123. The Balaban J connectivity index is 2.22. The summed E-state index contributed by atoms with van der Waals surface area (Å²) in [5, 5.41) is 5.81. The van der Waals surface area contributed by atoms with Crippen molar-refractivity contribution in [3.8, 4) is 11.5 Å². The van der Waals surface area contributed by atoms with E-state index in [2.05, 4.69) is 10.6 Å². The standard InChI is InChI=1S/C14H22N2O3/c1-3-18-12-5-7-13(8-6-12)19-11-14(17)16-10-4-9-15-2/h5-8,15H,3-4,9-11H2,1-2H3,(H,16,17). The number of nitrogens with one attached hydrogen (secondary N) is 2. The molecule has 1 aromatic carbocycles. The van der Waals surface area contributed by atoms with Gasteiger partial charge in [0, 0.05) is 6.54 Å². The number of ether oxygens (including phenoxy) is 2. The van der Waals surface area contributed by atoms with Crippen molar-refractivity contribution in [2.45, 2.75) is 13.3 Å². The van der Waals surface area contributed by atoms with E-state index in [0.717, 1.165) is 18.7 Å². The second-order valence-corrected chi connectivity index (χ2v) is 4.00. The lowest BCUT2D eigenvalue weighted by atomic mass is 10.3.